The normalized spacial score (nSPS) is 13.1. The standard InChI is InChI=1S/C11H11N3O2/c1-6-2-9-10(16-5-15-9)3-7(6)8-4-13-11(12)14-8/h2-4H,5H2,1H3,(H3,12,13,14). The van der Waals surface area contributed by atoms with Gasteiger partial charge in [-0.15, -0.1) is 0 Å². The molecule has 1 aliphatic rings. The van der Waals surface area contributed by atoms with Crippen molar-refractivity contribution in [3.8, 4) is 22.8 Å². The maximum absolute atomic E-state index is 5.56. The van der Waals surface area contributed by atoms with Gasteiger partial charge in [0.25, 0.3) is 0 Å². The van der Waals surface area contributed by atoms with Gasteiger partial charge in [0, 0.05) is 5.56 Å². The van der Waals surface area contributed by atoms with Crippen LogP contribution in [0, 0.1) is 6.92 Å². The first-order valence-corrected chi connectivity index (χ1v) is 4.95. The second-order valence-corrected chi connectivity index (χ2v) is 3.70. The number of ether oxygens (including phenoxy) is 2. The summed E-state index contributed by atoms with van der Waals surface area (Å²) in [6.45, 7) is 2.29. The summed E-state index contributed by atoms with van der Waals surface area (Å²) in [5, 5.41) is 0. The van der Waals surface area contributed by atoms with Crippen LogP contribution in [0.5, 0.6) is 11.5 Å². The van der Waals surface area contributed by atoms with E-state index in [1.165, 1.54) is 0 Å². The minimum atomic E-state index is 0.281. The number of nitrogens with two attached hydrogens (primary N) is 1. The van der Waals surface area contributed by atoms with Crippen molar-refractivity contribution < 1.29 is 9.47 Å². The molecule has 2 heterocycles. The van der Waals surface area contributed by atoms with Crippen molar-refractivity contribution in [2.75, 3.05) is 12.5 Å². The summed E-state index contributed by atoms with van der Waals surface area (Å²) >= 11 is 0. The van der Waals surface area contributed by atoms with Gasteiger partial charge in [-0.2, -0.15) is 0 Å². The molecule has 0 aliphatic carbocycles. The maximum Gasteiger partial charge on any atom is 0.231 e. The van der Waals surface area contributed by atoms with Gasteiger partial charge < -0.3 is 20.2 Å². The van der Waals surface area contributed by atoms with E-state index >= 15 is 0 Å². The Morgan fingerprint density at radius 2 is 2.06 bits per heavy atom. The largest absolute Gasteiger partial charge is 0.454 e. The highest BCUT2D eigenvalue weighted by atomic mass is 16.7. The molecule has 3 N–H and O–H groups in total. The lowest BCUT2D eigenvalue weighted by Gasteiger charge is -2.05. The first kappa shape index (κ1) is 9.08. The number of hydrogen-bond donors (Lipinski definition) is 2. The molecule has 16 heavy (non-hydrogen) atoms. The first-order valence-electron chi connectivity index (χ1n) is 4.95. The van der Waals surface area contributed by atoms with Crippen LogP contribution >= 0.6 is 0 Å². The third kappa shape index (κ3) is 1.29. The Hall–Kier alpha value is -2.17. The molecule has 5 heteroatoms. The van der Waals surface area contributed by atoms with Gasteiger partial charge >= 0.3 is 0 Å². The van der Waals surface area contributed by atoms with Crippen molar-refractivity contribution in [2.24, 2.45) is 0 Å². The summed E-state index contributed by atoms with van der Waals surface area (Å²) in [7, 11) is 0. The molecule has 1 aliphatic heterocycles. The molecule has 82 valence electrons. The van der Waals surface area contributed by atoms with Crippen LogP contribution in [0.2, 0.25) is 0 Å². The number of hydrogen-bond acceptors (Lipinski definition) is 4. The molecular weight excluding hydrogens is 206 g/mol. The van der Waals surface area contributed by atoms with Crippen LogP contribution in [0.1, 0.15) is 5.56 Å². The van der Waals surface area contributed by atoms with Crippen molar-refractivity contribution >= 4 is 5.95 Å². The number of anilines is 1. The van der Waals surface area contributed by atoms with Crippen LogP contribution in [-0.4, -0.2) is 16.8 Å². The zero-order valence-corrected chi connectivity index (χ0v) is 8.78. The van der Waals surface area contributed by atoms with E-state index in [4.69, 9.17) is 15.2 Å². The molecule has 0 saturated heterocycles. The average Bonchev–Trinajstić information content (AvgIpc) is 2.84. The van der Waals surface area contributed by atoms with Crippen LogP contribution in [0.3, 0.4) is 0 Å². The van der Waals surface area contributed by atoms with E-state index in [-0.39, 0.29) is 6.79 Å². The van der Waals surface area contributed by atoms with E-state index < -0.39 is 0 Å². The number of aromatic amines is 1. The van der Waals surface area contributed by atoms with Gasteiger partial charge in [0.15, 0.2) is 17.4 Å². The monoisotopic (exact) mass is 217 g/mol. The third-order valence-corrected chi connectivity index (χ3v) is 2.61. The molecule has 5 nitrogen and oxygen atoms in total. The van der Waals surface area contributed by atoms with Crippen molar-refractivity contribution in [3.63, 3.8) is 0 Å². The minimum Gasteiger partial charge on any atom is -0.454 e. The number of nitrogens with one attached hydrogen (secondary N) is 1. The van der Waals surface area contributed by atoms with Gasteiger partial charge in [-0.05, 0) is 24.6 Å². The summed E-state index contributed by atoms with van der Waals surface area (Å²) in [4.78, 5) is 6.97. The number of rotatable bonds is 1. The molecular formula is C11H11N3O2. The van der Waals surface area contributed by atoms with Gasteiger partial charge in [-0.3, -0.25) is 0 Å². The molecule has 3 rings (SSSR count). The van der Waals surface area contributed by atoms with Crippen LogP contribution in [-0.2, 0) is 0 Å². The fourth-order valence-electron chi connectivity index (χ4n) is 1.81. The van der Waals surface area contributed by atoms with Gasteiger partial charge in [0.2, 0.25) is 6.79 Å². The molecule has 0 radical (unpaired) electrons. The Morgan fingerprint density at radius 1 is 1.31 bits per heavy atom. The highest BCUT2D eigenvalue weighted by molar-refractivity contribution is 5.69. The number of fused-ring (bicyclic) bond motifs is 1. The van der Waals surface area contributed by atoms with Crippen molar-refractivity contribution in [3.05, 3.63) is 23.9 Å². The highest BCUT2D eigenvalue weighted by Crippen LogP contribution is 2.37. The lowest BCUT2D eigenvalue weighted by Crippen LogP contribution is -1.92. The summed E-state index contributed by atoms with van der Waals surface area (Å²) in [6, 6.07) is 3.89. The lowest BCUT2D eigenvalue weighted by molar-refractivity contribution is 0.174. The SMILES string of the molecule is Cc1cc2c(cc1-c1cnc(N)[nH]1)OCO2. The van der Waals surface area contributed by atoms with E-state index in [1.807, 2.05) is 19.1 Å². The molecule has 0 bridgehead atoms. The fraction of sp³-hybridized carbons (Fsp3) is 0.182. The van der Waals surface area contributed by atoms with Gasteiger partial charge in [-0.1, -0.05) is 0 Å². The Labute approximate surface area is 92.2 Å². The Bertz CT molecular complexity index is 548. The summed E-state index contributed by atoms with van der Waals surface area (Å²) < 4.78 is 10.6. The fourth-order valence-corrected chi connectivity index (χ4v) is 1.81. The van der Waals surface area contributed by atoms with Crippen LogP contribution in [0.25, 0.3) is 11.3 Å². The zero-order chi connectivity index (χ0) is 11.1. The average molecular weight is 217 g/mol. The summed E-state index contributed by atoms with van der Waals surface area (Å²) in [5.74, 6) is 1.95. The number of nitrogen functional groups attached to an aromatic ring is 1. The number of nitrogens with zero attached hydrogens (tertiary/aromatic N) is 1. The Balaban J connectivity index is 2.14. The van der Waals surface area contributed by atoms with Crippen molar-refractivity contribution in [2.45, 2.75) is 6.92 Å². The minimum absolute atomic E-state index is 0.281. The van der Waals surface area contributed by atoms with E-state index in [9.17, 15) is 0 Å². The summed E-state index contributed by atoms with van der Waals surface area (Å²) in [6.07, 6.45) is 1.71. The second kappa shape index (κ2) is 3.16. The van der Waals surface area contributed by atoms with E-state index in [2.05, 4.69) is 9.97 Å². The molecule has 1 aromatic carbocycles. The summed E-state index contributed by atoms with van der Waals surface area (Å²) in [5.41, 5.74) is 8.55. The number of H-pyrrole nitrogens is 1. The maximum atomic E-state index is 5.56. The van der Waals surface area contributed by atoms with E-state index in [0.29, 0.717) is 5.95 Å². The number of imidazole rings is 1. The Morgan fingerprint density at radius 3 is 2.75 bits per heavy atom. The van der Waals surface area contributed by atoms with Gasteiger partial charge in [0.1, 0.15) is 0 Å². The molecule has 0 saturated carbocycles. The number of benzene rings is 1. The van der Waals surface area contributed by atoms with E-state index in [0.717, 1.165) is 28.3 Å². The molecule has 2 aromatic rings. The topological polar surface area (TPSA) is 73.2 Å². The number of aromatic nitrogens is 2. The van der Waals surface area contributed by atoms with Crippen LogP contribution in [0.4, 0.5) is 5.95 Å². The van der Waals surface area contributed by atoms with Gasteiger partial charge in [-0.25, -0.2) is 4.98 Å². The smallest absolute Gasteiger partial charge is 0.231 e. The molecule has 0 atom stereocenters. The van der Waals surface area contributed by atoms with Crippen molar-refractivity contribution in [1.82, 2.24) is 9.97 Å². The molecule has 0 spiro atoms. The number of aryl methyl sites for hydroxylation is 1. The third-order valence-electron chi connectivity index (χ3n) is 2.61. The quantitative estimate of drug-likeness (QED) is 0.762. The predicted octanol–water partition coefficient (Wildman–Crippen LogP) is 1.70. The first-order chi connectivity index (χ1) is 7.74. The molecule has 1 aromatic heterocycles. The molecule has 0 fully saturated rings. The van der Waals surface area contributed by atoms with Crippen LogP contribution < -0.4 is 15.2 Å². The van der Waals surface area contributed by atoms with Crippen LogP contribution in [0.15, 0.2) is 18.3 Å². The van der Waals surface area contributed by atoms with E-state index in [1.54, 1.807) is 6.20 Å². The molecule has 0 amide bonds. The zero-order valence-electron chi connectivity index (χ0n) is 8.78. The predicted molar refractivity (Wildman–Crippen MR) is 59.3 cm³/mol. The van der Waals surface area contributed by atoms with Crippen molar-refractivity contribution in [1.29, 1.82) is 0 Å². The molecule has 0 unspecified atom stereocenters. The van der Waals surface area contributed by atoms with Gasteiger partial charge in [0.05, 0.1) is 11.9 Å². The Kier molecular flexibility index (Phi) is 1.80. The lowest BCUT2D eigenvalue weighted by atomic mass is 10.1. The second-order valence-electron chi connectivity index (χ2n) is 3.70. The highest BCUT2D eigenvalue weighted by Gasteiger charge is 2.17.